The molecule has 1 atom stereocenters. The lowest BCUT2D eigenvalue weighted by molar-refractivity contribution is 0.362. The molecule has 2 N–H and O–H groups in total. The van der Waals surface area contributed by atoms with Gasteiger partial charge in [0.05, 0.1) is 6.04 Å². The van der Waals surface area contributed by atoms with Crippen LogP contribution < -0.4 is 5.73 Å². The molecule has 1 heterocycles. The summed E-state index contributed by atoms with van der Waals surface area (Å²) in [6, 6.07) is 1.08. The molecule has 0 saturated carbocycles. The van der Waals surface area contributed by atoms with E-state index >= 15 is 0 Å². The normalized spacial score (nSPS) is 12.8. The van der Waals surface area contributed by atoms with Crippen LogP contribution in [0.3, 0.4) is 0 Å². The van der Waals surface area contributed by atoms with E-state index in [-0.39, 0.29) is 17.3 Å². The van der Waals surface area contributed by atoms with Crippen LogP contribution in [0.25, 0.3) is 11.4 Å². The SMILES string of the molecule is CC(N)c1nc(-c2cc(F)c(F)c(F)c2)no1. The van der Waals surface area contributed by atoms with Crippen LogP contribution in [0.5, 0.6) is 0 Å². The summed E-state index contributed by atoms with van der Waals surface area (Å²) >= 11 is 0. The molecule has 0 amide bonds. The Morgan fingerprint density at radius 2 is 1.82 bits per heavy atom. The maximum Gasteiger partial charge on any atom is 0.243 e. The average Bonchev–Trinajstić information content (AvgIpc) is 2.74. The molecule has 17 heavy (non-hydrogen) atoms. The first-order valence-corrected chi connectivity index (χ1v) is 4.73. The largest absolute Gasteiger partial charge is 0.337 e. The fourth-order valence-corrected chi connectivity index (χ4v) is 1.22. The average molecular weight is 243 g/mol. The number of benzene rings is 1. The van der Waals surface area contributed by atoms with Crippen LogP contribution in [0.1, 0.15) is 18.9 Å². The van der Waals surface area contributed by atoms with Gasteiger partial charge in [-0.3, -0.25) is 0 Å². The van der Waals surface area contributed by atoms with Crippen molar-refractivity contribution < 1.29 is 17.7 Å². The van der Waals surface area contributed by atoms with Crippen LogP contribution in [-0.4, -0.2) is 10.1 Å². The van der Waals surface area contributed by atoms with Gasteiger partial charge in [0.15, 0.2) is 17.5 Å². The molecule has 1 unspecified atom stereocenters. The van der Waals surface area contributed by atoms with Gasteiger partial charge >= 0.3 is 0 Å². The van der Waals surface area contributed by atoms with E-state index in [1.165, 1.54) is 0 Å². The molecule has 0 aliphatic heterocycles. The number of hydrogen-bond donors (Lipinski definition) is 1. The monoisotopic (exact) mass is 243 g/mol. The number of rotatable bonds is 2. The molecular weight excluding hydrogens is 235 g/mol. The van der Waals surface area contributed by atoms with Crippen LogP contribution in [0, 0.1) is 17.5 Å². The Kier molecular flexibility index (Phi) is 2.84. The quantitative estimate of drug-likeness (QED) is 0.821. The highest BCUT2D eigenvalue weighted by molar-refractivity contribution is 5.54. The van der Waals surface area contributed by atoms with Crippen molar-refractivity contribution in [3.05, 3.63) is 35.5 Å². The van der Waals surface area contributed by atoms with Crippen LogP contribution in [0.15, 0.2) is 16.7 Å². The van der Waals surface area contributed by atoms with E-state index in [9.17, 15) is 13.2 Å². The third kappa shape index (κ3) is 2.14. The third-order valence-electron chi connectivity index (χ3n) is 2.07. The summed E-state index contributed by atoms with van der Waals surface area (Å²) in [7, 11) is 0. The van der Waals surface area contributed by atoms with Crippen molar-refractivity contribution in [3.63, 3.8) is 0 Å². The number of aromatic nitrogens is 2. The second-order valence-corrected chi connectivity index (χ2v) is 3.50. The van der Waals surface area contributed by atoms with Crippen LogP contribution in [0.2, 0.25) is 0 Å². The fraction of sp³-hybridized carbons (Fsp3) is 0.200. The minimum absolute atomic E-state index is 0.0166. The van der Waals surface area contributed by atoms with Crippen molar-refractivity contribution in [2.45, 2.75) is 13.0 Å². The number of hydrogen-bond acceptors (Lipinski definition) is 4. The molecule has 0 bridgehead atoms. The van der Waals surface area contributed by atoms with Crippen molar-refractivity contribution in [3.8, 4) is 11.4 Å². The Morgan fingerprint density at radius 1 is 1.24 bits per heavy atom. The van der Waals surface area contributed by atoms with Gasteiger partial charge in [0.1, 0.15) is 0 Å². The molecule has 0 spiro atoms. The first kappa shape index (κ1) is 11.6. The van der Waals surface area contributed by atoms with Crippen molar-refractivity contribution >= 4 is 0 Å². The summed E-state index contributed by atoms with van der Waals surface area (Å²) in [5.74, 6) is -4.08. The molecule has 90 valence electrons. The van der Waals surface area contributed by atoms with Gasteiger partial charge in [0, 0.05) is 5.56 Å². The Hall–Kier alpha value is -1.89. The lowest BCUT2D eigenvalue weighted by Gasteiger charge is -1.98. The van der Waals surface area contributed by atoms with Crippen LogP contribution >= 0.6 is 0 Å². The van der Waals surface area contributed by atoms with Gasteiger partial charge < -0.3 is 10.3 Å². The predicted octanol–water partition coefficient (Wildman–Crippen LogP) is 2.17. The van der Waals surface area contributed by atoms with E-state index in [1.807, 2.05) is 0 Å². The van der Waals surface area contributed by atoms with E-state index in [4.69, 9.17) is 10.3 Å². The predicted molar refractivity (Wildman–Crippen MR) is 52.2 cm³/mol. The second-order valence-electron chi connectivity index (χ2n) is 3.50. The molecule has 0 saturated heterocycles. The summed E-state index contributed by atoms with van der Waals surface area (Å²) in [6.45, 7) is 1.61. The minimum Gasteiger partial charge on any atom is -0.337 e. The van der Waals surface area contributed by atoms with Crippen LogP contribution in [0.4, 0.5) is 13.2 Å². The molecule has 7 heteroatoms. The summed E-state index contributed by atoms with van der Waals surface area (Å²) < 4.78 is 43.4. The van der Waals surface area contributed by atoms with Crippen LogP contribution in [-0.2, 0) is 0 Å². The third-order valence-corrected chi connectivity index (χ3v) is 2.07. The molecule has 2 aromatic rings. The molecule has 0 aliphatic carbocycles. The maximum atomic E-state index is 13.0. The summed E-state index contributed by atoms with van der Waals surface area (Å²) in [5.41, 5.74) is 5.47. The molecule has 0 aliphatic rings. The zero-order valence-electron chi connectivity index (χ0n) is 8.75. The van der Waals surface area contributed by atoms with Gasteiger partial charge in [-0.25, -0.2) is 13.2 Å². The minimum atomic E-state index is -1.54. The Bertz CT molecular complexity index is 530. The molecule has 1 aromatic carbocycles. The first-order valence-electron chi connectivity index (χ1n) is 4.73. The molecule has 0 radical (unpaired) electrons. The lowest BCUT2D eigenvalue weighted by atomic mass is 10.2. The van der Waals surface area contributed by atoms with E-state index in [1.54, 1.807) is 6.92 Å². The number of halogens is 3. The zero-order valence-corrected chi connectivity index (χ0v) is 8.75. The highest BCUT2D eigenvalue weighted by atomic mass is 19.2. The van der Waals surface area contributed by atoms with Gasteiger partial charge in [-0.2, -0.15) is 4.98 Å². The molecule has 1 aromatic heterocycles. The summed E-state index contributed by atoms with van der Waals surface area (Å²) in [5, 5.41) is 3.50. The number of nitrogens with two attached hydrogens (primary N) is 1. The van der Waals surface area contributed by atoms with Crippen molar-refractivity contribution in [2.75, 3.05) is 0 Å². The number of nitrogens with zero attached hydrogens (tertiary/aromatic N) is 2. The molecule has 0 fully saturated rings. The first-order chi connectivity index (χ1) is 7.99. The highest BCUT2D eigenvalue weighted by Crippen LogP contribution is 2.22. The standard InChI is InChI=1S/C10H8F3N3O/c1-4(14)10-15-9(16-17-10)5-2-6(11)8(13)7(12)3-5/h2-4H,14H2,1H3. The van der Waals surface area contributed by atoms with Crippen molar-refractivity contribution in [2.24, 2.45) is 5.73 Å². The van der Waals surface area contributed by atoms with E-state index in [0.717, 1.165) is 12.1 Å². The van der Waals surface area contributed by atoms with E-state index < -0.39 is 23.5 Å². The summed E-state index contributed by atoms with van der Waals surface area (Å²) in [4.78, 5) is 3.83. The smallest absolute Gasteiger partial charge is 0.243 e. The Labute approximate surface area is 94.2 Å². The van der Waals surface area contributed by atoms with Gasteiger partial charge in [-0.05, 0) is 19.1 Å². The molecular formula is C10H8F3N3O. The molecule has 4 nitrogen and oxygen atoms in total. The van der Waals surface area contributed by atoms with Gasteiger partial charge in [-0.1, -0.05) is 5.16 Å². The van der Waals surface area contributed by atoms with Gasteiger partial charge in [0.25, 0.3) is 0 Å². The fourth-order valence-electron chi connectivity index (χ4n) is 1.22. The Balaban J connectivity index is 2.46. The van der Waals surface area contributed by atoms with Gasteiger partial charge in [-0.15, -0.1) is 0 Å². The highest BCUT2D eigenvalue weighted by Gasteiger charge is 2.16. The van der Waals surface area contributed by atoms with E-state index in [2.05, 4.69) is 10.1 Å². The second kappa shape index (κ2) is 4.17. The maximum absolute atomic E-state index is 13.0. The molecule has 2 rings (SSSR count). The zero-order chi connectivity index (χ0) is 12.6. The van der Waals surface area contributed by atoms with Crippen molar-refractivity contribution in [1.29, 1.82) is 0 Å². The topological polar surface area (TPSA) is 64.9 Å². The lowest BCUT2D eigenvalue weighted by Crippen LogP contribution is -2.04. The van der Waals surface area contributed by atoms with E-state index in [0.29, 0.717) is 0 Å². The van der Waals surface area contributed by atoms with Gasteiger partial charge in [0.2, 0.25) is 11.7 Å². The van der Waals surface area contributed by atoms with Crippen molar-refractivity contribution in [1.82, 2.24) is 10.1 Å². The Morgan fingerprint density at radius 3 is 2.29 bits per heavy atom. The summed E-state index contributed by atoms with van der Waals surface area (Å²) in [6.07, 6.45) is 0.